The number of rotatable bonds is 6. The average Bonchev–Trinajstić information content (AvgIpc) is 3.43. The molecule has 2 saturated carbocycles. The van der Waals surface area contributed by atoms with Gasteiger partial charge in [0.05, 0.1) is 6.54 Å². The summed E-state index contributed by atoms with van der Waals surface area (Å²) >= 11 is 3.50. The van der Waals surface area contributed by atoms with Crippen LogP contribution >= 0.6 is 15.9 Å². The zero-order valence-electron chi connectivity index (χ0n) is 15.2. The maximum absolute atomic E-state index is 12.9. The SMILES string of the molecule is O=C(C1CC1)N(Cc1cccn1Cc1ccc(Br)cc1)C1CCCCC1. The number of hydrogen-bond donors (Lipinski definition) is 0. The molecule has 0 atom stereocenters. The molecular formula is C22H27BrN2O. The summed E-state index contributed by atoms with van der Waals surface area (Å²) in [6.07, 6.45) is 10.5. The molecule has 0 N–H and O–H groups in total. The lowest BCUT2D eigenvalue weighted by Gasteiger charge is -2.35. The fraction of sp³-hybridized carbons (Fsp3) is 0.500. The number of carbonyl (C=O) groups excluding carboxylic acids is 1. The number of halogens is 1. The van der Waals surface area contributed by atoms with E-state index in [4.69, 9.17) is 0 Å². The van der Waals surface area contributed by atoms with Crippen molar-refractivity contribution in [2.24, 2.45) is 5.92 Å². The van der Waals surface area contributed by atoms with Gasteiger partial charge in [0.15, 0.2) is 0 Å². The largest absolute Gasteiger partial charge is 0.345 e. The molecule has 0 bridgehead atoms. The molecule has 4 rings (SSSR count). The number of carbonyl (C=O) groups is 1. The van der Waals surface area contributed by atoms with Crippen molar-refractivity contribution < 1.29 is 4.79 Å². The first-order valence-corrected chi connectivity index (χ1v) is 10.7. The van der Waals surface area contributed by atoms with E-state index in [-0.39, 0.29) is 0 Å². The second-order valence-corrected chi connectivity index (χ2v) is 8.70. The van der Waals surface area contributed by atoms with Crippen LogP contribution in [0.1, 0.15) is 56.2 Å². The molecule has 2 fully saturated rings. The monoisotopic (exact) mass is 414 g/mol. The van der Waals surface area contributed by atoms with Crippen molar-refractivity contribution >= 4 is 21.8 Å². The van der Waals surface area contributed by atoms with Crippen LogP contribution in [0.2, 0.25) is 0 Å². The summed E-state index contributed by atoms with van der Waals surface area (Å²) in [5.41, 5.74) is 2.52. The van der Waals surface area contributed by atoms with Crippen molar-refractivity contribution in [3.63, 3.8) is 0 Å². The van der Waals surface area contributed by atoms with Gasteiger partial charge >= 0.3 is 0 Å². The van der Waals surface area contributed by atoms with Gasteiger partial charge in [0.2, 0.25) is 5.91 Å². The van der Waals surface area contributed by atoms with Gasteiger partial charge in [-0.3, -0.25) is 4.79 Å². The predicted molar refractivity (Wildman–Crippen MR) is 108 cm³/mol. The highest BCUT2D eigenvalue weighted by Crippen LogP contribution is 2.34. The van der Waals surface area contributed by atoms with E-state index >= 15 is 0 Å². The summed E-state index contributed by atoms with van der Waals surface area (Å²) in [6.45, 7) is 1.61. The van der Waals surface area contributed by atoms with Crippen LogP contribution in [0.15, 0.2) is 47.1 Å². The van der Waals surface area contributed by atoms with Crippen LogP contribution < -0.4 is 0 Å². The molecule has 2 aliphatic carbocycles. The van der Waals surface area contributed by atoms with E-state index in [1.54, 1.807) is 0 Å². The zero-order chi connectivity index (χ0) is 17.9. The van der Waals surface area contributed by atoms with Gasteiger partial charge in [-0.2, -0.15) is 0 Å². The van der Waals surface area contributed by atoms with Crippen molar-refractivity contribution in [2.45, 2.75) is 64.1 Å². The van der Waals surface area contributed by atoms with Gasteiger partial charge < -0.3 is 9.47 Å². The third-order valence-electron chi connectivity index (χ3n) is 5.75. The number of hydrogen-bond acceptors (Lipinski definition) is 1. The van der Waals surface area contributed by atoms with Crippen molar-refractivity contribution in [3.8, 4) is 0 Å². The van der Waals surface area contributed by atoms with Gasteiger partial charge in [-0.05, 0) is 55.5 Å². The Morgan fingerprint density at radius 2 is 1.77 bits per heavy atom. The van der Waals surface area contributed by atoms with Crippen LogP contribution in [-0.2, 0) is 17.9 Å². The van der Waals surface area contributed by atoms with E-state index in [1.165, 1.54) is 43.4 Å². The fourth-order valence-electron chi connectivity index (χ4n) is 4.05. The minimum absolute atomic E-state index is 0.298. The Kier molecular flexibility index (Phi) is 5.49. The van der Waals surface area contributed by atoms with E-state index in [1.807, 2.05) is 0 Å². The second kappa shape index (κ2) is 7.99. The summed E-state index contributed by atoms with van der Waals surface area (Å²) in [6, 6.07) is 13.2. The Labute approximate surface area is 164 Å². The topological polar surface area (TPSA) is 25.2 Å². The van der Waals surface area contributed by atoms with Gasteiger partial charge in [0.25, 0.3) is 0 Å². The predicted octanol–water partition coefficient (Wildman–Crippen LogP) is 5.37. The lowest BCUT2D eigenvalue weighted by Crippen LogP contribution is -2.42. The molecule has 0 spiro atoms. The first-order valence-electron chi connectivity index (χ1n) is 9.89. The number of nitrogens with zero attached hydrogens (tertiary/aromatic N) is 2. The van der Waals surface area contributed by atoms with Gasteiger partial charge in [-0.25, -0.2) is 0 Å². The van der Waals surface area contributed by atoms with Crippen LogP contribution in [0, 0.1) is 5.92 Å². The Bertz CT molecular complexity index is 742. The van der Waals surface area contributed by atoms with Crippen LogP contribution in [0.25, 0.3) is 0 Å². The van der Waals surface area contributed by atoms with Crippen LogP contribution in [0.3, 0.4) is 0 Å². The van der Waals surface area contributed by atoms with Crippen LogP contribution in [0.5, 0.6) is 0 Å². The quantitative estimate of drug-likeness (QED) is 0.623. The first-order chi connectivity index (χ1) is 12.7. The number of benzene rings is 1. The zero-order valence-corrected chi connectivity index (χ0v) is 16.8. The Balaban J connectivity index is 1.51. The lowest BCUT2D eigenvalue weighted by atomic mass is 9.93. The molecule has 3 nitrogen and oxygen atoms in total. The van der Waals surface area contributed by atoms with Crippen molar-refractivity contribution in [1.29, 1.82) is 0 Å². The molecule has 0 radical (unpaired) electrons. The van der Waals surface area contributed by atoms with Crippen molar-refractivity contribution in [2.75, 3.05) is 0 Å². The van der Waals surface area contributed by atoms with Crippen molar-refractivity contribution in [3.05, 3.63) is 58.3 Å². The Morgan fingerprint density at radius 3 is 2.46 bits per heavy atom. The standard InChI is InChI=1S/C22H27BrN2O/c23-19-12-8-17(9-13-19)15-24-14-4-7-21(24)16-25(22(26)18-10-11-18)20-5-2-1-3-6-20/h4,7-9,12-14,18,20H,1-3,5-6,10-11,15-16H2. The molecule has 1 aromatic carbocycles. The molecule has 2 aromatic rings. The van der Waals surface area contributed by atoms with Gasteiger partial charge in [-0.15, -0.1) is 0 Å². The highest BCUT2D eigenvalue weighted by Gasteiger charge is 2.36. The molecule has 4 heteroatoms. The minimum atomic E-state index is 0.298. The normalized spacial score (nSPS) is 18.0. The fourth-order valence-corrected chi connectivity index (χ4v) is 4.32. The summed E-state index contributed by atoms with van der Waals surface area (Å²) in [4.78, 5) is 15.2. The smallest absolute Gasteiger partial charge is 0.226 e. The molecule has 1 aromatic heterocycles. The van der Waals surface area contributed by atoms with E-state index in [0.717, 1.165) is 30.4 Å². The highest BCUT2D eigenvalue weighted by molar-refractivity contribution is 9.10. The Hall–Kier alpha value is -1.55. The molecule has 0 aliphatic heterocycles. The van der Waals surface area contributed by atoms with E-state index < -0.39 is 0 Å². The molecule has 1 heterocycles. The molecule has 0 saturated heterocycles. The average molecular weight is 415 g/mol. The van der Waals surface area contributed by atoms with Crippen molar-refractivity contribution in [1.82, 2.24) is 9.47 Å². The van der Waals surface area contributed by atoms with E-state index in [2.05, 4.69) is 68.0 Å². The highest BCUT2D eigenvalue weighted by atomic mass is 79.9. The second-order valence-electron chi connectivity index (χ2n) is 7.79. The van der Waals surface area contributed by atoms with Gasteiger partial charge in [0, 0.05) is 34.9 Å². The number of aromatic nitrogens is 1. The van der Waals surface area contributed by atoms with Crippen LogP contribution in [0.4, 0.5) is 0 Å². The Morgan fingerprint density at radius 1 is 1.04 bits per heavy atom. The van der Waals surface area contributed by atoms with Gasteiger partial charge in [-0.1, -0.05) is 47.3 Å². The summed E-state index contributed by atoms with van der Waals surface area (Å²) in [7, 11) is 0. The third-order valence-corrected chi connectivity index (χ3v) is 6.28. The maximum Gasteiger partial charge on any atom is 0.226 e. The summed E-state index contributed by atoms with van der Waals surface area (Å²) < 4.78 is 3.40. The summed E-state index contributed by atoms with van der Waals surface area (Å²) in [5, 5.41) is 0. The van der Waals surface area contributed by atoms with E-state index in [9.17, 15) is 4.79 Å². The molecular weight excluding hydrogens is 388 g/mol. The number of amides is 1. The summed E-state index contributed by atoms with van der Waals surface area (Å²) in [5.74, 6) is 0.695. The molecule has 26 heavy (non-hydrogen) atoms. The first kappa shape index (κ1) is 17.8. The molecule has 1 amide bonds. The molecule has 0 unspecified atom stereocenters. The van der Waals surface area contributed by atoms with Gasteiger partial charge in [0.1, 0.15) is 0 Å². The maximum atomic E-state index is 12.9. The molecule has 138 valence electrons. The lowest BCUT2D eigenvalue weighted by molar-refractivity contribution is -0.136. The third kappa shape index (κ3) is 4.22. The van der Waals surface area contributed by atoms with Crippen LogP contribution in [-0.4, -0.2) is 21.4 Å². The molecule has 2 aliphatic rings. The van der Waals surface area contributed by atoms with E-state index in [0.29, 0.717) is 17.9 Å². The minimum Gasteiger partial charge on any atom is -0.345 e.